The van der Waals surface area contributed by atoms with E-state index in [4.69, 9.17) is 10.5 Å². The average Bonchev–Trinajstić information content (AvgIpc) is 2.15. The molecule has 0 aromatic rings. The van der Waals surface area contributed by atoms with Crippen LogP contribution in [0.15, 0.2) is 4.99 Å². The summed E-state index contributed by atoms with van der Waals surface area (Å²) < 4.78 is 28.8. The number of hydrogen-bond acceptors (Lipinski definition) is 4. The summed E-state index contributed by atoms with van der Waals surface area (Å²) in [7, 11) is -1.50. The topological polar surface area (TPSA) is 106 Å². The Balaban J connectivity index is 3.70. The zero-order valence-electron chi connectivity index (χ0n) is 10.6. The molecule has 0 aliphatic heterocycles. The molecule has 0 saturated heterocycles. The van der Waals surface area contributed by atoms with Gasteiger partial charge in [-0.1, -0.05) is 0 Å². The molecule has 0 aromatic carbocycles. The van der Waals surface area contributed by atoms with Gasteiger partial charge < -0.3 is 15.8 Å². The van der Waals surface area contributed by atoms with Gasteiger partial charge in [0.15, 0.2) is 5.96 Å². The maximum absolute atomic E-state index is 10.7. The summed E-state index contributed by atoms with van der Waals surface area (Å²) in [5, 5.41) is 2.95. The monoisotopic (exact) mass is 266 g/mol. The fourth-order valence-electron chi connectivity index (χ4n) is 1.13. The molecule has 0 fully saturated rings. The SMILES string of the molecule is COCC(C)NC(N)=NCCCNS(C)(=O)=O. The van der Waals surface area contributed by atoms with Crippen molar-refractivity contribution in [1.82, 2.24) is 10.0 Å². The number of methoxy groups -OCH3 is 1. The second-order valence-electron chi connectivity index (χ2n) is 3.79. The molecule has 1 atom stereocenters. The third-order valence-corrected chi connectivity index (χ3v) is 2.52. The predicted molar refractivity (Wildman–Crippen MR) is 68.4 cm³/mol. The Morgan fingerprint density at radius 3 is 2.71 bits per heavy atom. The van der Waals surface area contributed by atoms with Crippen LogP contribution in [-0.2, 0) is 14.8 Å². The zero-order chi connectivity index (χ0) is 13.3. The molecule has 0 bridgehead atoms. The number of nitrogens with one attached hydrogen (secondary N) is 2. The van der Waals surface area contributed by atoms with Crippen LogP contribution in [-0.4, -0.2) is 53.5 Å². The largest absolute Gasteiger partial charge is 0.383 e. The van der Waals surface area contributed by atoms with Gasteiger partial charge in [-0.15, -0.1) is 0 Å². The van der Waals surface area contributed by atoms with Crippen LogP contribution in [0.5, 0.6) is 0 Å². The Kier molecular flexibility index (Phi) is 7.85. The lowest BCUT2D eigenvalue weighted by molar-refractivity contribution is 0.179. The highest BCUT2D eigenvalue weighted by Crippen LogP contribution is 1.84. The van der Waals surface area contributed by atoms with E-state index in [0.29, 0.717) is 32.1 Å². The van der Waals surface area contributed by atoms with Gasteiger partial charge in [-0.25, -0.2) is 13.1 Å². The van der Waals surface area contributed by atoms with Gasteiger partial charge in [0, 0.05) is 26.2 Å². The summed E-state index contributed by atoms with van der Waals surface area (Å²) in [6.07, 6.45) is 1.73. The van der Waals surface area contributed by atoms with Crippen LogP contribution in [0.1, 0.15) is 13.3 Å². The Hall–Kier alpha value is -0.860. The van der Waals surface area contributed by atoms with E-state index in [1.54, 1.807) is 7.11 Å². The van der Waals surface area contributed by atoms with Crippen molar-refractivity contribution in [2.75, 3.05) is 33.1 Å². The van der Waals surface area contributed by atoms with Crippen molar-refractivity contribution < 1.29 is 13.2 Å². The summed E-state index contributed by atoms with van der Waals surface area (Å²) in [6.45, 7) is 3.31. The first-order valence-corrected chi connectivity index (χ1v) is 7.24. The molecule has 102 valence electrons. The van der Waals surface area contributed by atoms with E-state index in [1.165, 1.54) is 0 Å². The van der Waals surface area contributed by atoms with Gasteiger partial charge in [0.25, 0.3) is 0 Å². The highest BCUT2D eigenvalue weighted by atomic mass is 32.2. The van der Waals surface area contributed by atoms with Gasteiger partial charge in [0.1, 0.15) is 0 Å². The van der Waals surface area contributed by atoms with Crippen molar-refractivity contribution in [2.24, 2.45) is 10.7 Å². The molecule has 0 aliphatic carbocycles. The molecule has 7 nitrogen and oxygen atoms in total. The number of sulfonamides is 1. The van der Waals surface area contributed by atoms with Crippen LogP contribution < -0.4 is 15.8 Å². The van der Waals surface area contributed by atoms with Crippen molar-refractivity contribution in [3.8, 4) is 0 Å². The van der Waals surface area contributed by atoms with Gasteiger partial charge in [0.2, 0.25) is 10.0 Å². The highest BCUT2D eigenvalue weighted by molar-refractivity contribution is 7.88. The van der Waals surface area contributed by atoms with E-state index >= 15 is 0 Å². The molecule has 0 aromatic heterocycles. The fraction of sp³-hybridized carbons (Fsp3) is 0.889. The first-order chi connectivity index (χ1) is 7.85. The summed E-state index contributed by atoms with van der Waals surface area (Å²) in [5.41, 5.74) is 5.62. The number of nitrogens with two attached hydrogens (primary N) is 1. The quantitative estimate of drug-likeness (QED) is 0.293. The van der Waals surface area contributed by atoms with E-state index in [0.717, 1.165) is 6.26 Å². The van der Waals surface area contributed by atoms with Crippen molar-refractivity contribution in [3.05, 3.63) is 0 Å². The fourth-order valence-corrected chi connectivity index (χ4v) is 1.64. The Labute approximate surface area is 103 Å². The molecule has 0 amide bonds. The van der Waals surface area contributed by atoms with Crippen LogP contribution in [0.4, 0.5) is 0 Å². The minimum Gasteiger partial charge on any atom is -0.383 e. The molecule has 0 radical (unpaired) electrons. The van der Waals surface area contributed by atoms with Crippen LogP contribution in [0.2, 0.25) is 0 Å². The predicted octanol–water partition coefficient (Wildman–Crippen LogP) is -1.14. The van der Waals surface area contributed by atoms with E-state index in [-0.39, 0.29) is 6.04 Å². The van der Waals surface area contributed by atoms with Gasteiger partial charge in [-0.2, -0.15) is 0 Å². The van der Waals surface area contributed by atoms with Crippen molar-refractivity contribution in [2.45, 2.75) is 19.4 Å². The van der Waals surface area contributed by atoms with Gasteiger partial charge in [0.05, 0.1) is 12.9 Å². The molecular weight excluding hydrogens is 244 g/mol. The molecule has 0 heterocycles. The first-order valence-electron chi connectivity index (χ1n) is 5.35. The van der Waals surface area contributed by atoms with E-state index in [2.05, 4.69) is 15.0 Å². The van der Waals surface area contributed by atoms with E-state index in [9.17, 15) is 8.42 Å². The van der Waals surface area contributed by atoms with Gasteiger partial charge in [-0.3, -0.25) is 4.99 Å². The lowest BCUT2D eigenvalue weighted by atomic mass is 10.4. The number of guanidine groups is 1. The first kappa shape index (κ1) is 16.1. The number of ether oxygens (including phenoxy) is 1. The summed E-state index contributed by atoms with van der Waals surface area (Å²) >= 11 is 0. The summed E-state index contributed by atoms with van der Waals surface area (Å²) in [5.74, 6) is 0.342. The van der Waals surface area contributed by atoms with Crippen LogP contribution >= 0.6 is 0 Å². The van der Waals surface area contributed by atoms with Crippen molar-refractivity contribution in [1.29, 1.82) is 0 Å². The summed E-state index contributed by atoms with van der Waals surface area (Å²) in [4.78, 5) is 4.06. The molecule has 0 spiro atoms. The van der Waals surface area contributed by atoms with Crippen molar-refractivity contribution in [3.63, 3.8) is 0 Å². The Bertz CT molecular complexity index is 329. The van der Waals surface area contributed by atoms with E-state index in [1.807, 2.05) is 6.92 Å². The third-order valence-electron chi connectivity index (χ3n) is 1.79. The lowest BCUT2D eigenvalue weighted by Gasteiger charge is -2.12. The molecular formula is C9H22N4O3S. The average molecular weight is 266 g/mol. The van der Waals surface area contributed by atoms with Crippen LogP contribution in [0.25, 0.3) is 0 Å². The zero-order valence-corrected chi connectivity index (χ0v) is 11.4. The normalized spacial score (nSPS) is 14.6. The van der Waals surface area contributed by atoms with Gasteiger partial charge in [-0.05, 0) is 13.3 Å². The number of rotatable bonds is 8. The summed E-state index contributed by atoms with van der Waals surface area (Å²) in [6, 6.07) is 0.0953. The lowest BCUT2D eigenvalue weighted by Crippen LogP contribution is -2.40. The minimum atomic E-state index is -3.11. The van der Waals surface area contributed by atoms with E-state index < -0.39 is 10.0 Å². The maximum Gasteiger partial charge on any atom is 0.208 e. The second kappa shape index (κ2) is 8.26. The molecule has 8 heteroatoms. The Morgan fingerprint density at radius 2 is 2.18 bits per heavy atom. The number of hydrogen-bond donors (Lipinski definition) is 3. The standard InChI is InChI=1S/C9H22N4O3S/c1-8(7-16-2)13-9(10)11-5-4-6-12-17(3,14)15/h8,12H,4-7H2,1-3H3,(H3,10,11,13). The van der Waals surface area contributed by atoms with Gasteiger partial charge >= 0.3 is 0 Å². The van der Waals surface area contributed by atoms with Crippen molar-refractivity contribution >= 4 is 16.0 Å². The molecule has 4 N–H and O–H groups in total. The third kappa shape index (κ3) is 11.4. The Morgan fingerprint density at radius 1 is 1.53 bits per heavy atom. The number of aliphatic imine (C=N–C) groups is 1. The van der Waals surface area contributed by atoms with Crippen LogP contribution in [0.3, 0.4) is 0 Å². The van der Waals surface area contributed by atoms with Crippen LogP contribution in [0, 0.1) is 0 Å². The second-order valence-corrected chi connectivity index (χ2v) is 5.62. The smallest absolute Gasteiger partial charge is 0.208 e. The molecule has 0 rings (SSSR count). The number of nitrogens with zero attached hydrogens (tertiary/aromatic N) is 1. The molecule has 0 aliphatic rings. The maximum atomic E-state index is 10.7. The highest BCUT2D eigenvalue weighted by Gasteiger charge is 2.01. The molecule has 1 unspecified atom stereocenters. The molecule has 17 heavy (non-hydrogen) atoms. The molecule has 0 saturated carbocycles. The minimum absolute atomic E-state index is 0.0953.